The summed E-state index contributed by atoms with van der Waals surface area (Å²) in [5.74, 6) is -0.0234. The molecule has 8 nitrogen and oxygen atoms in total. The Bertz CT molecular complexity index is 1460. The lowest BCUT2D eigenvalue weighted by atomic mass is 10.0. The van der Waals surface area contributed by atoms with Crippen LogP contribution in [0.15, 0.2) is 70.1 Å². The standard InChI is InChI=1S/C25H24N4O4S/c1-15(2)29-34(31,32)19-12-10-18(11-13-19)26-24(30)20-14-21(16-8-9-16)27-25-22(20)23(28-33-25)17-6-4-3-5-7-17/h3-7,10-16,29H,8-9H2,1-2H3,(H,26,30). The number of rotatable bonds is 7. The van der Waals surface area contributed by atoms with Crippen LogP contribution in [0.2, 0.25) is 0 Å². The molecule has 0 aliphatic heterocycles. The molecule has 2 heterocycles. The van der Waals surface area contributed by atoms with Gasteiger partial charge in [-0.2, -0.15) is 0 Å². The predicted octanol–water partition coefficient (Wildman–Crippen LogP) is 4.71. The topological polar surface area (TPSA) is 114 Å². The fourth-order valence-electron chi connectivity index (χ4n) is 3.82. The second-order valence-electron chi connectivity index (χ2n) is 8.70. The van der Waals surface area contributed by atoms with Crippen molar-refractivity contribution in [2.75, 3.05) is 5.32 Å². The van der Waals surface area contributed by atoms with Crippen LogP contribution in [-0.4, -0.2) is 30.5 Å². The highest BCUT2D eigenvalue weighted by atomic mass is 32.2. The van der Waals surface area contributed by atoms with E-state index >= 15 is 0 Å². The van der Waals surface area contributed by atoms with E-state index < -0.39 is 10.0 Å². The van der Waals surface area contributed by atoms with Crippen molar-refractivity contribution in [3.8, 4) is 11.3 Å². The van der Waals surface area contributed by atoms with E-state index in [9.17, 15) is 13.2 Å². The van der Waals surface area contributed by atoms with Crippen LogP contribution in [0.1, 0.15) is 48.7 Å². The largest absolute Gasteiger partial charge is 0.335 e. The molecule has 1 saturated carbocycles. The van der Waals surface area contributed by atoms with Gasteiger partial charge in [-0.25, -0.2) is 18.1 Å². The average Bonchev–Trinajstić information content (AvgIpc) is 3.57. The molecule has 1 aliphatic carbocycles. The molecule has 0 unspecified atom stereocenters. The number of carbonyl (C=O) groups excluding carboxylic acids is 1. The molecule has 0 radical (unpaired) electrons. The van der Waals surface area contributed by atoms with Crippen molar-refractivity contribution >= 4 is 32.7 Å². The minimum Gasteiger partial charge on any atom is -0.335 e. The quantitative estimate of drug-likeness (QED) is 0.399. The van der Waals surface area contributed by atoms with E-state index in [0.717, 1.165) is 24.1 Å². The molecule has 0 atom stereocenters. The van der Waals surface area contributed by atoms with E-state index in [2.05, 4.69) is 20.2 Å². The molecule has 0 spiro atoms. The molecule has 1 amide bonds. The number of carbonyl (C=O) groups is 1. The highest BCUT2D eigenvalue weighted by Gasteiger charge is 2.29. The van der Waals surface area contributed by atoms with Crippen molar-refractivity contribution in [2.45, 2.75) is 43.5 Å². The van der Waals surface area contributed by atoms with Gasteiger partial charge < -0.3 is 9.84 Å². The molecular formula is C25H24N4O4S. The number of fused-ring (bicyclic) bond motifs is 1. The number of nitrogens with zero attached hydrogens (tertiary/aromatic N) is 2. The van der Waals surface area contributed by atoms with Crippen molar-refractivity contribution < 1.29 is 17.7 Å². The molecule has 1 fully saturated rings. The van der Waals surface area contributed by atoms with Crippen LogP contribution in [0, 0.1) is 0 Å². The summed E-state index contributed by atoms with van der Waals surface area (Å²) in [7, 11) is -3.61. The Hall–Kier alpha value is -3.56. The molecule has 2 N–H and O–H groups in total. The van der Waals surface area contributed by atoms with Crippen molar-refractivity contribution in [1.29, 1.82) is 0 Å². The zero-order chi connectivity index (χ0) is 23.9. The lowest BCUT2D eigenvalue weighted by molar-refractivity contribution is 0.102. The number of aromatic nitrogens is 2. The molecule has 0 saturated heterocycles. The van der Waals surface area contributed by atoms with Gasteiger partial charge in [0.05, 0.1) is 15.8 Å². The smallest absolute Gasteiger partial charge is 0.259 e. The number of nitrogens with one attached hydrogen (secondary N) is 2. The van der Waals surface area contributed by atoms with Crippen LogP contribution in [0.3, 0.4) is 0 Å². The summed E-state index contributed by atoms with van der Waals surface area (Å²) >= 11 is 0. The van der Waals surface area contributed by atoms with Crippen LogP contribution in [0.4, 0.5) is 5.69 Å². The van der Waals surface area contributed by atoms with Gasteiger partial charge in [-0.05, 0) is 57.0 Å². The summed E-state index contributed by atoms with van der Waals surface area (Å²) < 4.78 is 32.8. The first-order chi connectivity index (χ1) is 16.3. The second-order valence-corrected chi connectivity index (χ2v) is 10.4. The molecule has 34 heavy (non-hydrogen) atoms. The Balaban J connectivity index is 1.50. The van der Waals surface area contributed by atoms with Crippen molar-refractivity contribution in [3.05, 3.63) is 71.9 Å². The molecule has 2 aromatic carbocycles. The van der Waals surface area contributed by atoms with Gasteiger partial charge in [0.15, 0.2) is 0 Å². The van der Waals surface area contributed by atoms with Crippen LogP contribution >= 0.6 is 0 Å². The Kier molecular flexibility index (Phi) is 5.66. The Labute approximate surface area is 197 Å². The second kappa shape index (κ2) is 8.66. The molecule has 0 bridgehead atoms. The van der Waals surface area contributed by atoms with E-state index in [1.54, 1.807) is 26.0 Å². The summed E-state index contributed by atoms with van der Waals surface area (Å²) in [6.07, 6.45) is 2.05. The first-order valence-corrected chi connectivity index (χ1v) is 12.6. The van der Waals surface area contributed by atoms with E-state index in [-0.39, 0.29) is 16.8 Å². The van der Waals surface area contributed by atoms with E-state index in [1.165, 1.54) is 12.1 Å². The summed E-state index contributed by atoms with van der Waals surface area (Å²) in [5.41, 5.74) is 3.42. The molecule has 9 heteroatoms. The number of sulfonamides is 1. The van der Waals surface area contributed by atoms with E-state index in [4.69, 9.17) is 4.52 Å². The van der Waals surface area contributed by atoms with Gasteiger partial charge in [0.25, 0.3) is 11.6 Å². The number of hydrogen-bond donors (Lipinski definition) is 2. The first kappa shape index (κ1) is 22.2. The Morgan fingerprint density at radius 3 is 2.41 bits per heavy atom. The minimum atomic E-state index is -3.61. The maximum absolute atomic E-state index is 13.4. The minimum absolute atomic E-state index is 0.131. The highest BCUT2D eigenvalue weighted by molar-refractivity contribution is 7.89. The van der Waals surface area contributed by atoms with Gasteiger partial charge in [0.2, 0.25) is 10.0 Å². The van der Waals surface area contributed by atoms with Crippen LogP contribution in [0.25, 0.3) is 22.4 Å². The molecule has 4 aromatic rings. The van der Waals surface area contributed by atoms with Crippen molar-refractivity contribution in [1.82, 2.24) is 14.9 Å². The summed E-state index contributed by atoms with van der Waals surface area (Å²) in [6, 6.07) is 17.2. The monoisotopic (exact) mass is 476 g/mol. The maximum atomic E-state index is 13.4. The number of anilines is 1. The lowest BCUT2D eigenvalue weighted by Gasteiger charge is -2.11. The predicted molar refractivity (Wildman–Crippen MR) is 129 cm³/mol. The molecule has 2 aromatic heterocycles. The third-order valence-corrected chi connectivity index (χ3v) is 7.24. The number of pyridine rings is 1. The van der Waals surface area contributed by atoms with Gasteiger partial charge in [0, 0.05) is 28.9 Å². The van der Waals surface area contributed by atoms with Crippen LogP contribution in [0.5, 0.6) is 0 Å². The van der Waals surface area contributed by atoms with Gasteiger partial charge in [-0.1, -0.05) is 35.5 Å². The lowest BCUT2D eigenvalue weighted by Crippen LogP contribution is -2.30. The van der Waals surface area contributed by atoms with E-state index in [1.807, 2.05) is 36.4 Å². The van der Waals surface area contributed by atoms with Crippen LogP contribution in [-0.2, 0) is 10.0 Å². The van der Waals surface area contributed by atoms with Gasteiger partial charge >= 0.3 is 0 Å². The Morgan fingerprint density at radius 2 is 1.76 bits per heavy atom. The van der Waals surface area contributed by atoms with Crippen molar-refractivity contribution in [2.24, 2.45) is 0 Å². The van der Waals surface area contributed by atoms with Gasteiger partial charge in [-0.15, -0.1) is 0 Å². The highest BCUT2D eigenvalue weighted by Crippen LogP contribution is 2.41. The van der Waals surface area contributed by atoms with Crippen LogP contribution < -0.4 is 10.0 Å². The molecular weight excluding hydrogens is 452 g/mol. The Morgan fingerprint density at radius 1 is 1.06 bits per heavy atom. The summed E-state index contributed by atoms with van der Waals surface area (Å²) in [5, 5.41) is 7.63. The fraction of sp³-hybridized carbons (Fsp3) is 0.240. The third-order valence-electron chi connectivity index (χ3n) is 5.57. The fourth-order valence-corrected chi connectivity index (χ4v) is 5.08. The first-order valence-electron chi connectivity index (χ1n) is 11.1. The average molecular weight is 477 g/mol. The summed E-state index contributed by atoms with van der Waals surface area (Å²) in [4.78, 5) is 18.1. The number of amides is 1. The van der Waals surface area contributed by atoms with E-state index in [0.29, 0.717) is 34.0 Å². The zero-order valence-electron chi connectivity index (χ0n) is 18.8. The molecule has 174 valence electrons. The SMILES string of the molecule is CC(C)NS(=O)(=O)c1ccc(NC(=O)c2cc(C3CC3)nc3onc(-c4ccccc4)c23)cc1. The summed E-state index contributed by atoms with van der Waals surface area (Å²) in [6.45, 7) is 3.51. The van der Waals surface area contributed by atoms with Gasteiger partial charge in [-0.3, -0.25) is 4.79 Å². The normalized spacial score (nSPS) is 14.0. The number of hydrogen-bond acceptors (Lipinski definition) is 6. The maximum Gasteiger partial charge on any atom is 0.259 e. The molecule has 1 aliphatic rings. The third kappa shape index (κ3) is 4.44. The molecule has 5 rings (SSSR count). The van der Waals surface area contributed by atoms with Crippen molar-refractivity contribution in [3.63, 3.8) is 0 Å². The number of benzene rings is 2. The van der Waals surface area contributed by atoms with Gasteiger partial charge in [0.1, 0.15) is 5.69 Å². The zero-order valence-corrected chi connectivity index (χ0v) is 19.6.